The van der Waals surface area contributed by atoms with E-state index in [0.29, 0.717) is 19.7 Å². The summed E-state index contributed by atoms with van der Waals surface area (Å²) in [5.41, 5.74) is 2.72. The molecule has 1 atom stereocenters. The van der Waals surface area contributed by atoms with Crippen molar-refractivity contribution in [1.82, 2.24) is 24.5 Å². The Bertz CT molecular complexity index is 936. The van der Waals surface area contributed by atoms with Gasteiger partial charge >= 0.3 is 0 Å². The van der Waals surface area contributed by atoms with Gasteiger partial charge in [-0.3, -0.25) is 19.3 Å². The van der Waals surface area contributed by atoms with Crippen molar-refractivity contribution < 1.29 is 14.6 Å². The van der Waals surface area contributed by atoms with Crippen LogP contribution in [0.3, 0.4) is 0 Å². The summed E-state index contributed by atoms with van der Waals surface area (Å²) in [6.45, 7) is 13.3. The van der Waals surface area contributed by atoms with Gasteiger partial charge in [-0.15, -0.1) is 0 Å². The molecule has 1 N–H and O–H groups in total. The van der Waals surface area contributed by atoms with Crippen molar-refractivity contribution in [2.45, 2.75) is 45.9 Å². The summed E-state index contributed by atoms with van der Waals surface area (Å²) >= 11 is 0. The number of hydrogen-bond donors (Lipinski definition) is 1. The molecule has 2 fully saturated rings. The number of hydrogen-bond acceptors (Lipinski definition) is 6. The van der Waals surface area contributed by atoms with Crippen LogP contribution < -0.4 is 4.74 Å². The van der Waals surface area contributed by atoms with Gasteiger partial charge < -0.3 is 14.7 Å². The van der Waals surface area contributed by atoms with Crippen LogP contribution >= 0.6 is 0 Å². The maximum atomic E-state index is 11.5. The second kappa shape index (κ2) is 10.2. The van der Waals surface area contributed by atoms with Gasteiger partial charge in [0.1, 0.15) is 12.4 Å². The Kier molecular flexibility index (Phi) is 7.36. The van der Waals surface area contributed by atoms with Gasteiger partial charge in [-0.2, -0.15) is 5.10 Å². The van der Waals surface area contributed by atoms with Gasteiger partial charge in [0, 0.05) is 65.0 Å². The highest BCUT2D eigenvalue weighted by molar-refractivity contribution is 5.73. The summed E-state index contributed by atoms with van der Waals surface area (Å²) in [4.78, 5) is 18.0. The molecule has 2 aliphatic heterocycles. The minimum absolute atomic E-state index is 0.139. The third-order valence-electron chi connectivity index (χ3n) is 6.75. The molecule has 1 amide bonds. The minimum atomic E-state index is -0.676. The molecule has 180 valence electrons. The van der Waals surface area contributed by atoms with E-state index in [4.69, 9.17) is 4.74 Å². The average Bonchev–Trinajstić information content (AvgIpc) is 3.30. The lowest BCUT2D eigenvalue weighted by atomic mass is 10.0. The summed E-state index contributed by atoms with van der Waals surface area (Å²) < 4.78 is 7.87. The lowest BCUT2D eigenvalue weighted by Crippen LogP contribution is -2.53. The van der Waals surface area contributed by atoms with E-state index < -0.39 is 5.60 Å². The molecule has 0 bridgehead atoms. The number of aryl methyl sites for hydroxylation is 2. The van der Waals surface area contributed by atoms with Crippen molar-refractivity contribution in [2.75, 3.05) is 52.4 Å². The van der Waals surface area contributed by atoms with E-state index in [0.717, 1.165) is 69.4 Å². The molecule has 3 heterocycles. The normalized spacial score (nSPS) is 22.1. The molecule has 0 radical (unpaired) electrons. The molecule has 2 saturated heterocycles. The summed E-state index contributed by atoms with van der Waals surface area (Å²) in [6.07, 6.45) is 0.785. The number of likely N-dealkylation sites (tertiary alicyclic amines) is 1. The number of rotatable bonds is 8. The van der Waals surface area contributed by atoms with Gasteiger partial charge in [-0.1, -0.05) is 12.1 Å². The van der Waals surface area contributed by atoms with E-state index in [2.05, 4.69) is 40.0 Å². The minimum Gasteiger partial charge on any atom is -0.492 e. The largest absolute Gasteiger partial charge is 0.492 e. The molecule has 8 nitrogen and oxygen atoms in total. The fourth-order valence-corrected chi connectivity index (χ4v) is 4.94. The maximum Gasteiger partial charge on any atom is 0.219 e. The van der Waals surface area contributed by atoms with Crippen LogP contribution in [0.15, 0.2) is 30.3 Å². The number of ether oxygens (including phenoxy) is 1. The number of piperazine rings is 1. The van der Waals surface area contributed by atoms with Crippen molar-refractivity contribution >= 4 is 5.91 Å². The Morgan fingerprint density at radius 2 is 1.82 bits per heavy atom. The number of β-amino-alcohol motifs (C(OH)–C–C–N with tert-alkyl or cyclic N) is 1. The van der Waals surface area contributed by atoms with Crippen LogP contribution in [0.2, 0.25) is 0 Å². The highest BCUT2D eigenvalue weighted by Crippen LogP contribution is 2.25. The van der Waals surface area contributed by atoms with Crippen molar-refractivity contribution in [2.24, 2.45) is 0 Å². The first-order valence-electron chi connectivity index (χ1n) is 12.0. The highest BCUT2D eigenvalue weighted by atomic mass is 16.5. The van der Waals surface area contributed by atoms with Crippen LogP contribution in [-0.4, -0.2) is 93.5 Å². The smallest absolute Gasteiger partial charge is 0.219 e. The average molecular weight is 456 g/mol. The first-order chi connectivity index (χ1) is 15.8. The summed E-state index contributed by atoms with van der Waals surface area (Å²) in [7, 11) is 0. The zero-order valence-corrected chi connectivity index (χ0v) is 20.2. The molecule has 1 aromatic carbocycles. The fraction of sp³-hybridized carbons (Fsp3) is 0.600. The van der Waals surface area contributed by atoms with Gasteiger partial charge in [0.15, 0.2) is 0 Å². The van der Waals surface area contributed by atoms with Crippen molar-refractivity contribution in [1.29, 1.82) is 0 Å². The topological polar surface area (TPSA) is 74.1 Å². The highest BCUT2D eigenvalue weighted by Gasteiger charge is 2.38. The molecule has 2 aromatic rings. The lowest BCUT2D eigenvalue weighted by molar-refractivity contribution is -0.130. The molecule has 0 spiro atoms. The maximum absolute atomic E-state index is 11.5. The Labute approximate surface area is 196 Å². The molecular formula is C25H37N5O3. The third-order valence-corrected chi connectivity index (χ3v) is 6.75. The van der Waals surface area contributed by atoms with E-state index in [1.165, 1.54) is 5.56 Å². The Hall–Kier alpha value is -2.42. The van der Waals surface area contributed by atoms with Crippen LogP contribution in [0, 0.1) is 13.8 Å². The van der Waals surface area contributed by atoms with Crippen LogP contribution in [0.5, 0.6) is 5.75 Å². The molecule has 33 heavy (non-hydrogen) atoms. The zero-order chi connectivity index (χ0) is 23.4. The van der Waals surface area contributed by atoms with Gasteiger partial charge in [0.25, 0.3) is 0 Å². The quantitative estimate of drug-likeness (QED) is 0.653. The summed E-state index contributed by atoms with van der Waals surface area (Å²) in [5.74, 6) is 1.00. The molecule has 0 saturated carbocycles. The number of aliphatic hydroxyl groups is 1. The van der Waals surface area contributed by atoms with Gasteiger partial charge in [0.05, 0.1) is 17.8 Å². The Morgan fingerprint density at radius 3 is 2.45 bits per heavy atom. The SMILES string of the molecule is CC(=O)N1CCN(C[C@@]2(O)CCN(Cc3ccc(OCCn4nc(C)cc4C)cc3)C2)CC1. The van der Waals surface area contributed by atoms with Crippen molar-refractivity contribution in [3.8, 4) is 5.75 Å². The van der Waals surface area contributed by atoms with Gasteiger partial charge in [0.2, 0.25) is 5.91 Å². The number of benzene rings is 1. The number of nitrogens with zero attached hydrogens (tertiary/aromatic N) is 5. The number of aromatic nitrogens is 2. The summed E-state index contributed by atoms with van der Waals surface area (Å²) in [6, 6.07) is 10.3. The second-order valence-electron chi connectivity index (χ2n) is 9.61. The van der Waals surface area contributed by atoms with E-state index >= 15 is 0 Å². The number of carbonyl (C=O) groups is 1. The summed E-state index contributed by atoms with van der Waals surface area (Å²) in [5, 5.41) is 15.6. The molecular weight excluding hydrogens is 418 g/mol. The van der Waals surface area contributed by atoms with Gasteiger partial charge in [-0.25, -0.2) is 0 Å². The van der Waals surface area contributed by atoms with Crippen molar-refractivity contribution in [3.63, 3.8) is 0 Å². The third kappa shape index (κ3) is 6.34. The molecule has 1 aromatic heterocycles. The van der Waals surface area contributed by atoms with E-state index in [1.54, 1.807) is 6.92 Å². The second-order valence-corrected chi connectivity index (χ2v) is 9.61. The number of carbonyl (C=O) groups excluding carboxylic acids is 1. The van der Waals surface area contributed by atoms with E-state index in [-0.39, 0.29) is 5.91 Å². The Morgan fingerprint density at radius 1 is 1.09 bits per heavy atom. The fourth-order valence-electron chi connectivity index (χ4n) is 4.94. The predicted molar refractivity (Wildman–Crippen MR) is 127 cm³/mol. The van der Waals surface area contributed by atoms with E-state index in [9.17, 15) is 9.90 Å². The van der Waals surface area contributed by atoms with E-state index in [1.807, 2.05) is 28.6 Å². The number of amides is 1. The standard InChI is InChI=1S/C25H37N5O3/c1-20-16-21(2)30(26-20)14-15-33-24-6-4-23(5-7-24)17-28-9-8-25(32,19-28)18-27-10-12-29(13-11-27)22(3)31/h4-7,16,32H,8-15,17-19H2,1-3H3/t25-/m0/s1. The molecule has 0 unspecified atom stereocenters. The van der Waals surface area contributed by atoms with Crippen molar-refractivity contribution in [3.05, 3.63) is 47.3 Å². The first-order valence-corrected chi connectivity index (χ1v) is 12.0. The molecule has 8 heteroatoms. The van der Waals surface area contributed by atoms with Crippen LogP contribution in [0.25, 0.3) is 0 Å². The molecule has 2 aliphatic rings. The zero-order valence-electron chi connectivity index (χ0n) is 20.2. The van der Waals surface area contributed by atoms with Crippen LogP contribution in [0.1, 0.15) is 30.3 Å². The molecule has 4 rings (SSSR count). The molecule has 0 aliphatic carbocycles. The lowest BCUT2D eigenvalue weighted by Gasteiger charge is -2.38. The van der Waals surface area contributed by atoms with Crippen LogP contribution in [0.4, 0.5) is 0 Å². The monoisotopic (exact) mass is 455 g/mol. The Balaban J connectivity index is 1.20. The first kappa shape index (κ1) is 23.7. The van der Waals surface area contributed by atoms with Gasteiger partial charge in [-0.05, 0) is 44.0 Å². The van der Waals surface area contributed by atoms with Crippen LogP contribution in [-0.2, 0) is 17.9 Å². The predicted octanol–water partition coefficient (Wildman–Crippen LogP) is 1.68.